The summed E-state index contributed by atoms with van der Waals surface area (Å²) in [5.74, 6) is -1.64. The summed E-state index contributed by atoms with van der Waals surface area (Å²) in [6.07, 6.45) is 3.63. The monoisotopic (exact) mass is 389 g/mol. The van der Waals surface area contributed by atoms with Gasteiger partial charge in [0.25, 0.3) is 11.8 Å². The molecular formula is C20H27N3O5. The molecule has 0 aromatic heterocycles. The lowest BCUT2D eigenvalue weighted by Crippen LogP contribution is -2.56. The average Bonchev–Trinajstić information content (AvgIpc) is 2.66. The van der Waals surface area contributed by atoms with Crippen LogP contribution in [0.4, 0.5) is 5.69 Å². The first-order valence-corrected chi connectivity index (χ1v) is 9.50. The number of benzene rings is 1. The number of esters is 1. The number of anilines is 1. The first-order valence-electron chi connectivity index (χ1n) is 9.50. The molecule has 152 valence electrons. The minimum Gasteiger partial charge on any atom is -0.454 e. The van der Waals surface area contributed by atoms with Crippen LogP contribution in [0.15, 0.2) is 24.3 Å². The number of rotatable bonds is 7. The van der Waals surface area contributed by atoms with Gasteiger partial charge >= 0.3 is 5.97 Å². The zero-order valence-electron chi connectivity index (χ0n) is 16.3. The van der Waals surface area contributed by atoms with Crippen LogP contribution < -0.4 is 16.0 Å². The smallest absolute Gasteiger partial charge is 0.332 e. The third-order valence-electron chi connectivity index (χ3n) is 4.59. The second kappa shape index (κ2) is 9.87. The summed E-state index contributed by atoms with van der Waals surface area (Å²) in [5.41, 5.74) is -0.204. The van der Waals surface area contributed by atoms with E-state index in [2.05, 4.69) is 16.0 Å². The maximum absolute atomic E-state index is 12.6. The maximum atomic E-state index is 12.6. The van der Waals surface area contributed by atoms with Gasteiger partial charge in [-0.05, 0) is 38.0 Å². The van der Waals surface area contributed by atoms with Gasteiger partial charge in [0.1, 0.15) is 5.54 Å². The number of hydrogen-bond acceptors (Lipinski definition) is 5. The van der Waals surface area contributed by atoms with Crippen LogP contribution in [0.5, 0.6) is 0 Å². The fourth-order valence-corrected chi connectivity index (χ4v) is 3.34. The molecule has 0 radical (unpaired) electrons. The van der Waals surface area contributed by atoms with Crippen molar-refractivity contribution in [3.05, 3.63) is 29.8 Å². The molecule has 28 heavy (non-hydrogen) atoms. The van der Waals surface area contributed by atoms with Crippen molar-refractivity contribution in [3.63, 3.8) is 0 Å². The fraction of sp³-hybridized carbons (Fsp3) is 0.500. The van der Waals surface area contributed by atoms with Gasteiger partial charge in [-0.25, -0.2) is 4.79 Å². The Morgan fingerprint density at radius 3 is 2.46 bits per heavy atom. The summed E-state index contributed by atoms with van der Waals surface area (Å²) in [4.78, 5) is 48.1. The quantitative estimate of drug-likeness (QED) is 0.615. The topological polar surface area (TPSA) is 114 Å². The largest absolute Gasteiger partial charge is 0.454 e. The van der Waals surface area contributed by atoms with Crippen molar-refractivity contribution in [2.45, 2.75) is 51.5 Å². The zero-order valence-corrected chi connectivity index (χ0v) is 16.3. The SMILES string of the molecule is CCNC(=O)c1cccc(NC(=O)COC(=O)C2(NC(C)=O)CCCCC2)c1. The van der Waals surface area contributed by atoms with Gasteiger partial charge in [-0.3, -0.25) is 14.4 Å². The van der Waals surface area contributed by atoms with Gasteiger partial charge in [-0.2, -0.15) is 0 Å². The molecule has 3 N–H and O–H groups in total. The molecule has 0 aliphatic heterocycles. The predicted octanol–water partition coefficient (Wildman–Crippen LogP) is 1.76. The number of carbonyl (C=O) groups is 4. The third kappa shape index (κ3) is 5.80. The predicted molar refractivity (Wildman–Crippen MR) is 104 cm³/mol. The van der Waals surface area contributed by atoms with Crippen molar-refractivity contribution in [2.24, 2.45) is 0 Å². The van der Waals surface area contributed by atoms with Crippen LogP contribution in [0.1, 0.15) is 56.3 Å². The number of hydrogen-bond donors (Lipinski definition) is 3. The number of carbonyl (C=O) groups excluding carboxylic acids is 4. The molecular weight excluding hydrogens is 362 g/mol. The lowest BCUT2D eigenvalue weighted by Gasteiger charge is -2.35. The van der Waals surface area contributed by atoms with E-state index in [4.69, 9.17) is 4.74 Å². The zero-order chi connectivity index (χ0) is 20.6. The summed E-state index contributed by atoms with van der Waals surface area (Å²) in [7, 11) is 0. The van der Waals surface area contributed by atoms with Crippen molar-refractivity contribution in [3.8, 4) is 0 Å². The molecule has 0 unspecified atom stereocenters. The molecule has 0 atom stereocenters. The van der Waals surface area contributed by atoms with Crippen LogP contribution >= 0.6 is 0 Å². The van der Waals surface area contributed by atoms with Gasteiger partial charge in [0.05, 0.1) is 0 Å². The first kappa shape index (κ1) is 21.4. The molecule has 1 aliphatic rings. The summed E-state index contributed by atoms with van der Waals surface area (Å²) < 4.78 is 5.19. The van der Waals surface area contributed by atoms with E-state index < -0.39 is 24.0 Å². The van der Waals surface area contributed by atoms with Crippen molar-refractivity contribution < 1.29 is 23.9 Å². The first-order chi connectivity index (χ1) is 13.4. The third-order valence-corrected chi connectivity index (χ3v) is 4.59. The summed E-state index contributed by atoms with van der Waals surface area (Å²) >= 11 is 0. The molecule has 1 aromatic rings. The second-order valence-corrected chi connectivity index (χ2v) is 6.89. The van der Waals surface area contributed by atoms with Gasteiger partial charge in [-0.1, -0.05) is 25.3 Å². The van der Waals surface area contributed by atoms with Gasteiger partial charge in [-0.15, -0.1) is 0 Å². The normalized spacial score (nSPS) is 15.2. The highest BCUT2D eigenvalue weighted by atomic mass is 16.5. The Labute approximate surface area is 164 Å². The van der Waals surface area contributed by atoms with E-state index >= 15 is 0 Å². The Hall–Kier alpha value is -2.90. The molecule has 8 nitrogen and oxygen atoms in total. The number of amides is 3. The molecule has 1 aliphatic carbocycles. The average molecular weight is 389 g/mol. The number of ether oxygens (including phenoxy) is 1. The molecule has 1 saturated carbocycles. The molecule has 0 spiro atoms. The van der Waals surface area contributed by atoms with Crippen LogP contribution in [0.3, 0.4) is 0 Å². The molecule has 0 bridgehead atoms. The highest BCUT2D eigenvalue weighted by Crippen LogP contribution is 2.29. The van der Waals surface area contributed by atoms with Crippen LogP contribution in [0.25, 0.3) is 0 Å². The van der Waals surface area contributed by atoms with Gasteiger partial charge in [0, 0.05) is 24.7 Å². The Balaban J connectivity index is 1.94. The van der Waals surface area contributed by atoms with E-state index in [-0.39, 0.29) is 11.8 Å². The van der Waals surface area contributed by atoms with E-state index in [1.807, 2.05) is 6.92 Å². The van der Waals surface area contributed by atoms with Gasteiger partial charge in [0.15, 0.2) is 6.61 Å². The lowest BCUT2D eigenvalue weighted by molar-refractivity contribution is -0.157. The highest BCUT2D eigenvalue weighted by Gasteiger charge is 2.42. The van der Waals surface area contributed by atoms with Gasteiger partial charge in [0.2, 0.25) is 5.91 Å². The molecule has 0 saturated heterocycles. The van der Waals surface area contributed by atoms with Crippen LogP contribution in [-0.2, 0) is 19.1 Å². The fourth-order valence-electron chi connectivity index (χ4n) is 3.34. The molecule has 8 heteroatoms. The van der Waals surface area contributed by atoms with E-state index in [9.17, 15) is 19.2 Å². The van der Waals surface area contributed by atoms with Crippen LogP contribution in [0, 0.1) is 0 Å². The molecule has 1 fully saturated rings. The standard InChI is InChI=1S/C20H27N3O5/c1-3-21-18(26)15-8-7-9-16(12-15)22-17(25)13-28-19(27)20(23-14(2)24)10-5-4-6-11-20/h7-9,12H,3-6,10-11,13H2,1-2H3,(H,21,26)(H,22,25)(H,23,24). The van der Waals surface area contributed by atoms with Crippen molar-refractivity contribution in [2.75, 3.05) is 18.5 Å². The molecule has 3 amide bonds. The van der Waals surface area contributed by atoms with Crippen molar-refractivity contribution in [1.29, 1.82) is 0 Å². The highest BCUT2D eigenvalue weighted by molar-refractivity contribution is 5.98. The molecule has 0 heterocycles. The minimum atomic E-state index is -1.05. The minimum absolute atomic E-state index is 0.237. The molecule has 1 aromatic carbocycles. The van der Waals surface area contributed by atoms with Gasteiger partial charge < -0.3 is 20.7 Å². The van der Waals surface area contributed by atoms with Crippen molar-refractivity contribution in [1.82, 2.24) is 10.6 Å². The Kier molecular flexibility index (Phi) is 7.54. The van der Waals surface area contributed by atoms with E-state index in [0.717, 1.165) is 19.3 Å². The number of nitrogens with one attached hydrogen (secondary N) is 3. The van der Waals surface area contributed by atoms with E-state index in [1.54, 1.807) is 24.3 Å². The Morgan fingerprint density at radius 1 is 1.11 bits per heavy atom. The van der Waals surface area contributed by atoms with E-state index in [0.29, 0.717) is 30.6 Å². The summed E-state index contributed by atoms with van der Waals surface area (Å²) in [5, 5.41) is 8.00. The summed E-state index contributed by atoms with van der Waals surface area (Å²) in [6, 6.07) is 6.48. The Morgan fingerprint density at radius 2 is 1.82 bits per heavy atom. The summed E-state index contributed by atoms with van der Waals surface area (Å²) in [6.45, 7) is 3.21. The van der Waals surface area contributed by atoms with Crippen molar-refractivity contribution >= 4 is 29.4 Å². The van der Waals surface area contributed by atoms with Crippen LogP contribution in [-0.4, -0.2) is 42.4 Å². The second-order valence-electron chi connectivity index (χ2n) is 6.89. The Bertz CT molecular complexity index is 741. The van der Waals surface area contributed by atoms with E-state index in [1.165, 1.54) is 6.92 Å². The lowest BCUT2D eigenvalue weighted by atomic mass is 9.81. The maximum Gasteiger partial charge on any atom is 0.332 e. The molecule has 2 rings (SSSR count). The van der Waals surface area contributed by atoms with Crippen LogP contribution in [0.2, 0.25) is 0 Å².